The molecule has 9 nitrogen and oxygen atoms in total. The lowest BCUT2D eigenvalue weighted by Gasteiger charge is -2.32. The van der Waals surface area contributed by atoms with Gasteiger partial charge >= 0.3 is 0 Å². The quantitative estimate of drug-likeness (QED) is 0.390. The third kappa shape index (κ3) is 7.27. The number of sulfonamides is 1. The molecule has 2 saturated heterocycles. The van der Waals surface area contributed by atoms with Gasteiger partial charge in [0.05, 0.1) is 12.0 Å². The summed E-state index contributed by atoms with van der Waals surface area (Å²) in [7, 11) is 2.12. The van der Waals surface area contributed by atoms with E-state index in [2.05, 4.69) is 16.8 Å². The minimum atomic E-state index is -3.55. The van der Waals surface area contributed by atoms with Gasteiger partial charge in [0, 0.05) is 52.9 Å². The number of piperidine rings is 1. The van der Waals surface area contributed by atoms with Crippen molar-refractivity contribution in [1.82, 2.24) is 19.0 Å². The normalized spacial score (nSPS) is 24.3. The first kappa shape index (κ1) is 29.3. The van der Waals surface area contributed by atoms with Gasteiger partial charge in [-0.3, -0.25) is 4.79 Å². The lowest BCUT2D eigenvalue weighted by molar-refractivity contribution is -0.135. The van der Waals surface area contributed by atoms with E-state index in [0.29, 0.717) is 54.7 Å². The number of hydrogen-bond acceptors (Lipinski definition) is 7. The van der Waals surface area contributed by atoms with Crippen LogP contribution in [-0.4, -0.2) is 120 Å². The Morgan fingerprint density at radius 1 is 1.13 bits per heavy atom. The Bertz CT molecular complexity index is 1070. The lowest BCUT2D eigenvalue weighted by atomic mass is 9.98. The zero-order chi connectivity index (χ0) is 27.3. The van der Waals surface area contributed by atoms with E-state index in [9.17, 15) is 13.2 Å². The second-order valence-electron chi connectivity index (χ2n) is 11.5. The molecule has 0 spiro atoms. The average molecular weight is 551 g/mol. The SMILES string of the molecule is COc1cc(C)c2c(c1)CCN(CCCOCC(=O)N(C)C[C@@H]1CCN(CC3CCCN(C)C3)C1)S2(=O)=O. The number of amides is 1. The Kier molecular flexibility index (Phi) is 10.1. The molecule has 2 atom stereocenters. The predicted octanol–water partition coefficient (Wildman–Crippen LogP) is 2.08. The van der Waals surface area contributed by atoms with Gasteiger partial charge in [-0.25, -0.2) is 8.42 Å². The summed E-state index contributed by atoms with van der Waals surface area (Å²) in [6.07, 6.45) is 4.97. The van der Waals surface area contributed by atoms with Crippen LogP contribution in [0.15, 0.2) is 17.0 Å². The van der Waals surface area contributed by atoms with Crippen LogP contribution in [-0.2, 0) is 26.0 Å². The number of methoxy groups -OCH3 is 1. The molecule has 38 heavy (non-hydrogen) atoms. The second kappa shape index (κ2) is 13.1. The highest BCUT2D eigenvalue weighted by Gasteiger charge is 2.33. The molecule has 1 amide bonds. The summed E-state index contributed by atoms with van der Waals surface area (Å²) < 4.78 is 38.8. The maximum absolute atomic E-state index is 13.2. The van der Waals surface area contributed by atoms with E-state index >= 15 is 0 Å². The van der Waals surface area contributed by atoms with Crippen molar-refractivity contribution < 1.29 is 22.7 Å². The van der Waals surface area contributed by atoms with Crippen LogP contribution in [0.2, 0.25) is 0 Å². The molecule has 0 N–H and O–H groups in total. The molecule has 4 rings (SSSR count). The van der Waals surface area contributed by atoms with Crippen molar-refractivity contribution in [1.29, 1.82) is 0 Å². The highest BCUT2D eigenvalue weighted by atomic mass is 32.2. The second-order valence-corrected chi connectivity index (χ2v) is 13.3. The van der Waals surface area contributed by atoms with Gasteiger partial charge in [0.2, 0.25) is 15.9 Å². The fraction of sp³-hybridized carbons (Fsp3) is 0.750. The number of rotatable bonds is 11. The number of nitrogens with zero attached hydrogens (tertiary/aromatic N) is 4. The van der Waals surface area contributed by atoms with E-state index in [1.165, 1.54) is 36.8 Å². The van der Waals surface area contributed by atoms with Gasteiger partial charge in [0.1, 0.15) is 12.4 Å². The third-order valence-corrected chi connectivity index (χ3v) is 10.4. The maximum Gasteiger partial charge on any atom is 0.248 e. The summed E-state index contributed by atoms with van der Waals surface area (Å²) >= 11 is 0. The Morgan fingerprint density at radius 2 is 1.95 bits per heavy atom. The monoisotopic (exact) mass is 550 g/mol. The topological polar surface area (TPSA) is 82.6 Å². The molecule has 0 saturated carbocycles. The van der Waals surface area contributed by atoms with E-state index in [0.717, 1.165) is 37.5 Å². The van der Waals surface area contributed by atoms with Crippen LogP contribution in [0.25, 0.3) is 0 Å². The zero-order valence-corrected chi connectivity index (χ0v) is 24.5. The van der Waals surface area contributed by atoms with Gasteiger partial charge in [-0.1, -0.05) is 0 Å². The van der Waals surface area contributed by atoms with Crippen LogP contribution in [0.1, 0.15) is 36.8 Å². The van der Waals surface area contributed by atoms with Crippen LogP contribution in [0.4, 0.5) is 0 Å². The fourth-order valence-electron chi connectivity index (χ4n) is 6.33. The van der Waals surface area contributed by atoms with E-state index in [4.69, 9.17) is 9.47 Å². The van der Waals surface area contributed by atoms with Gasteiger partial charge in [-0.15, -0.1) is 0 Å². The number of carbonyl (C=O) groups excluding carboxylic acids is 1. The van der Waals surface area contributed by atoms with E-state index in [1.807, 2.05) is 20.0 Å². The Hall–Kier alpha value is -1.72. The van der Waals surface area contributed by atoms with Crippen molar-refractivity contribution >= 4 is 15.9 Å². The Balaban J connectivity index is 1.14. The minimum Gasteiger partial charge on any atom is -0.497 e. The van der Waals surface area contributed by atoms with Crippen molar-refractivity contribution in [3.63, 3.8) is 0 Å². The molecule has 1 aromatic rings. The van der Waals surface area contributed by atoms with Crippen molar-refractivity contribution in [3.8, 4) is 5.75 Å². The third-order valence-electron chi connectivity index (χ3n) is 8.28. The summed E-state index contributed by atoms with van der Waals surface area (Å²) in [6.45, 7) is 9.57. The molecule has 3 heterocycles. The van der Waals surface area contributed by atoms with Crippen molar-refractivity contribution in [3.05, 3.63) is 23.3 Å². The molecular weight excluding hydrogens is 504 g/mol. The van der Waals surface area contributed by atoms with Crippen LogP contribution in [0.3, 0.4) is 0 Å². The average Bonchev–Trinajstić information content (AvgIpc) is 3.30. The molecule has 10 heteroatoms. The van der Waals surface area contributed by atoms with Crippen LogP contribution in [0, 0.1) is 18.8 Å². The largest absolute Gasteiger partial charge is 0.497 e. The minimum absolute atomic E-state index is 0.0125. The smallest absolute Gasteiger partial charge is 0.248 e. The highest BCUT2D eigenvalue weighted by molar-refractivity contribution is 7.89. The molecule has 0 bridgehead atoms. The molecule has 0 aliphatic carbocycles. The van der Waals surface area contributed by atoms with Gasteiger partial charge in [0.25, 0.3) is 0 Å². The van der Waals surface area contributed by atoms with Crippen LogP contribution in [0.5, 0.6) is 5.75 Å². The number of likely N-dealkylation sites (tertiary alicyclic amines) is 2. The summed E-state index contributed by atoms with van der Waals surface area (Å²) in [5.74, 6) is 1.95. The molecule has 3 aliphatic heterocycles. The summed E-state index contributed by atoms with van der Waals surface area (Å²) in [6, 6.07) is 3.59. The van der Waals surface area contributed by atoms with E-state index < -0.39 is 10.0 Å². The fourth-order valence-corrected chi connectivity index (χ4v) is 8.24. The van der Waals surface area contributed by atoms with Gasteiger partial charge in [0.15, 0.2) is 0 Å². The number of ether oxygens (including phenoxy) is 2. The van der Waals surface area contributed by atoms with Crippen LogP contribution >= 0.6 is 0 Å². The molecule has 0 radical (unpaired) electrons. The first-order chi connectivity index (χ1) is 18.2. The number of carbonyl (C=O) groups is 1. The lowest BCUT2D eigenvalue weighted by Crippen LogP contribution is -2.39. The van der Waals surface area contributed by atoms with Crippen LogP contribution < -0.4 is 4.74 Å². The first-order valence-electron chi connectivity index (χ1n) is 14.1. The summed E-state index contributed by atoms with van der Waals surface area (Å²) in [5.41, 5.74) is 1.52. The molecular formula is C28H46N4O5S. The number of aryl methyl sites for hydroxylation is 1. The number of likely N-dealkylation sites (N-methyl/N-ethyl adjacent to an activating group) is 1. The molecule has 0 aromatic heterocycles. The summed E-state index contributed by atoms with van der Waals surface area (Å²) in [4.78, 5) is 19.8. The predicted molar refractivity (Wildman–Crippen MR) is 148 cm³/mol. The van der Waals surface area contributed by atoms with Crippen molar-refractivity contribution in [2.75, 3.05) is 86.8 Å². The van der Waals surface area contributed by atoms with E-state index in [-0.39, 0.29) is 12.5 Å². The van der Waals surface area contributed by atoms with Gasteiger partial charge in [-0.2, -0.15) is 4.31 Å². The molecule has 1 unspecified atom stereocenters. The highest BCUT2D eigenvalue weighted by Crippen LogP contribution is 2.32. The van der Waals surface area contributed by atoms with Gasteiger partial charge in [-0.05, 0) is 94.3 Å². The zero-order valence-electron chi connectivity index (χ0n) is 23.7. The molecule has 214 valence electrons. The maximum atomic E-state index is 13.2. The Morgan fingerprint density at radius 3 is 2.71 bits per heavy atom. The molecule has 3 aliphatic rings. The van der Waals surface area contributed by atoms with Gasteiger partial charge < -0.3 is 24.2 Å². The number of hydrogen-bond donors (Lipinski definition) is 0. The van der Waals surface area contributed by atoms with Crippen molar-refractivity contribution in [2.45, 2.75) is 43.9 Å². The van der Waals surface area contributed by atoms with Crippen molar-refractivity contribution in [2.24, 2.45) is 11.8 Å². The molecule has 2 fully saturated rings. The first-order valence-corrected chi connectivity index (χ1v) is 15.5. The Labute approximate surface area is 229 Å². The van der Waals surface area contributed by atoms with E-state index in [1.54, 1.807) is 18.1 Å². The number of benzene rings is 1. The standard InChI is InChI=1S/C28H46N4O5S/c1-22-15-26(36-4)16-25-9-13-32(38(34,35)28(22)25)11-6-14-37-21-27(33)30(3)18-24-8-12-31(20-24)19-23-7-5-10-29(2)17-23/h15-16,23-24H,5-14,17-21H2,1-4H3/t23?,24-/m0/s1. The molecule has 1 aromatic carbocycles. The number of fused-ring (bicyclic) bond motifs is 1. The summed E-state index contributed by atoms with van der Waals surface area (Å²) in [5, 5.41) is 0.